The van der Waals surface area contributed by atoms with Crippen molar-refractivity contribution in [1.82, 2.24) is 14.9 Å². The van der Waals surface area contributed by atoms with Crippen LogP contribution in [0, 0.1) is 12.8 Å². The number of rotatable bonds is 3. The Kier molecular flexibility index (Phi) is 4.53. The summed E-state index contributed by atoms with van der Waals surface area (Å²) in [7, 11) is 1.90. The zero-order valence-corrected chi connectivity index (χ0v) is 11.7. The second-order valence-electron chi connectivity index (χ2n) is 5.37. The summed E-state index contributed by atoms with van der Waals surface area (Å²) in [5, 5.41) is 3.10. The van der Waals surface area contributed by atoms with E-state index in [4.69, 9.17) is 0 Å². The minimum atomic E-state index is 0.862. The van der Waals surface area contributed by atoms with Crippen LogP contribution >= 0.6 is 0 Å². The molecular weight excluding hydrogens is 224 g/mol. The van der Waals surface area contributed by atoms with Gasteiger partial charge < -0.3 is 5.32 Å². The quantitative estimate of drug-likeness (QED) is 0.892. The summed E-state index contributed by atoms with van der Waals surface area (Å²) >= 11 is 0. The largest absolute Gasteiger partial charge is 0.373 e. The van der Waals surface area contributed by atoms with Gasteiger partial charge in [-0.1, -0.05) is 6.92 Å². The van der Waals surface area contributed by atoms with E-state index in [0.717, 1.165) is 29.8 Å². The lowest BCUT2D eigenvalue weighted by molar-refractivity contribution is 0.267. The van der Waals surface area contributed by atoms with Gasteiger partial charge >= 0.3 is 0 Å². The van der Waals surface area contributed by atoms with Crippen molar-refractivity contribution >= 4 is 5.82 Å². The Balaban J connectivity index is 2.01. The van der Waals surface area contributed by atoms with Crippen molar-refractivity contribution in [2.24, 2.45) is 5.92 Å². The first kappa shape index (κ1) is 13.3. The van der Waals surface area contributed by atoms with E-state index in [-0.39, 0.29) is 0 Å². The Bertz CT molecular complexity index is 391. The Labute approximate surface area is 110 Å². The van der Waals surface area contributed by atoms with Crippen LogP contribution in [0.1, 0.15) is 37.7 Å². The summed E-state index contributed by atoms with van der Waals surface area (Å²) in [6.07, 6.45) is 3.95. The maximum atomic E-state index is 4.53. The van der Waals surface area contributed by atoms with Crippen molar-refractivity contribution in [3.63, 3.8) is 0 Å². The second kappa shape index (κ2) is 6.14. The Morgan fingerprint density at radius 3 is 2.94 bits per heavy atom. The summed E-state index contributed by atoms with van der Waals surface area (Å²) in [5.74, 6) is 2.72. The Morgan fingerprint density at radius 1 is 1.33 bits per heavy atom. The van der Waals surface area contributed by atoms with Crippen LogP contribution in [0.5, 0.6) is 0 Å². The number of likely N-dealkylation sites (tertiary alicyclic amines) is 1. The second-order valence-corrected chi connectivity index (χ2v) is 5.37. The van der Waals surface area contributed by atoms with Crippen molar-refractivity contribution in [3.05, 3.63) is 17.6 Å². The van der Waals surface area contributed by atoms with Gasteiger partial charge in [-0.05, 0) is 45.2 Å². The maximum absolute atomic E-state index is 4.53. The lowest BCUT2D eigenvalue weighted by atomic mass is 10.0. The summed E-state index contributed by atoms with van der Waals surface area (Å²) in [5.41, 5.74) is 1.03. The molecule has 0 aromatic carbocycles. The first-order valence-corrected chi connectivity index (χ1v) is 6.92. The minimum absolute atomic E-state index is 0.862. The highest BCUT2D eigenvalue weighted by molar-refractivity contribution is 5.34. The molecule has 18 heavy (non-hydrogen) atoms. The fourth-order valence-electron chi connectivity index (χ4n) is 2.51. The summed E-state index contributed by atoms with van der Waals surface area (Å²) in [6.45, 7) is 7.61. The van der Waals surface area contributed by atoms with Gasteiger partial charge in [0, 0.05) is 18.8 Å². The summed E-state index contributed by atoms with van der Waals surface area (Å²) in [4.78, 5) is 11.5. The SMILES string of the molecule is CNc1cc(C)nc(CN2CCCC(C)CC2)n1. The predicted molar refractivity (Wildman–Crippen MR) is 74.6 cm³/mol. The fraction of sp³-hybridized carbons (Fsp3) is 0.714. The minimum Gasteiger partial charge on any atom is -0.373 e. The van der Waals surface area contributed by atoms with E-state index in [1.165, 1.54) is 32.4 Å². The van der Waals surface area contributed by atoms with Gasteiger partial charge in [-0.15, -0.1) is 0 Å². The molecule has 1 unspecified atom stereocenters. The number of hydrogen-bond acceptors (Lipinski definition) is 4. The molecule has 2 heterocycles. The molecule has 0 spiro atoms. The van der Waals surface area contributed by atoms with Crippen LogP contribution in [0.3, 0.4) is 0 Å². The summed E-state index contributed by atoms with van der Waals surface area (Å²) in [6, 6.07) is 1.98. The molecule has 0 radical (unpaired) electrons. The van der Waals surface area contributed by atoms with Crippen molar-refractivity contribution in [1.29, 1.82) is 0 Å². The van der Waals surface area contributed by atoms with Gasteiger partial charge in [0.1, 0.15) is 11.6 Å². The number of aromatic nitrogens is 2. The van der Waals surface area contributed by atoms with E-state index in [1.807, 2.05) is 20.0 Å². The van der Waals surface area contributed by atoms with Gasteiger partial charge in [0.15, 0.2) is 0 Å². The topological polar surface area (TPSA) is 41.1 Å². The highest BCUT2D eigenvalue weighted by Gasteiger charge is 2.15. The van der Waals surface area contributed by atoms with Gasteiger partial charge in [0.25, 0.3) is 0 Å². The molecule has 0 aliphatic carbocycles. The average molecular weight is 248 g/mol. The molecule has 1 aliphatic rings. The zero-order chi connectivity index (χ0) is 13.0. The van der Waals surface area contributed by atoms with E-state index >= 15 is 0 Å². The molecule has 1 N–H and O–H groups in total. The molecule has 0 saturated carbocycles. The molecular formula is C14H24N4. The lowest BCUT2D eigenvalue weighted by Crippen LogP contribution is -2.25. The maximum Gasteiger partial charge on any atom is 0.144 e. The number of aryl methyl sites for hydroxylation is 1. The van der Waals surface area contributed by atoms with Gasteiger partial charge in [0.05, 0.1) is 6.54 Å². The average Bonchev–Trinajstić information content (AvgIpc) is 2.54. The molecule has 1 aliphatic heterocycles. The van der Waals surface area contributed by atoms with Crippen LogP contribution in [-0.2, 0) is 6.54 Å². The highest BCUT2D eigenvalue weighted by atomic mass is 15.2. The van der Waals surface area contributed by atoms with E-state index in [2.05, 4.69) is 27.1 Å². The van der Waals surface area contributed by atoms with Crippen LogP contribution in [0.25, 0.3) is 0 Å². The molecule has 4 nitrogen and oxygen atoms in total. The number of hydrogen-bond donors (Lipinski definition) is 1. The van der Waals surface area contributed by atoms with E-state index in [1.54, 1.807) is 0 Å². The highest BCUT2D eigenvalue weighted by Crippen LogP contribution is 2.17. The lowest BCUT2D eigenvalue weighted by Gasteiger charge is -2.19. The molecule has 4 heteroatoms. The van der Waals surface area contributed by atoms with Gasteiger partial charge in [-0.25, -0.2) is 9.97 Å². The molecule has 2 rings (SSSR count). The van der Waals surface area contributed by atoms with Crippen LogP contribution in [0.4, 0.5) is 5.82 Å². The molecule has 1 aromatic rings. The number of nitrogens with zero attached hydrogens (tertiary/aromatic N) is 3. The van der Waals surface area contributed by atoms with E-state index in [0.29, 0.717) is 0 Å². The predicted octanol–water partition coefficient (Wildman–Crippen LogP) is 2.45. The van der Waals surface area contributed by atoms with Crippen LogP contribution in [0.2, 0.25) is 0 Å². The number of nitrogens with one attached hydrogen (secondary N) is 1. The smallest absolute Gasteiger partial charge is 0.144 e. The molecule has 100 valence electrons. The normalized spacial score (nSPS) is 21.6. The molecule has 1 saturated heterocycles. The number of anilines is 1. The van der Waals surface area contributed by atoms with Crippen LogP contribution in [-0.4, -0.2) is 35.0 Å². The Morgan fingerprint density at radius 2 is 2.17 bits per heavy atom. The monoisotopic (exact) mass is 248 g/mol. The Hall–Kier alpha value is -1.16. The van der Waals surface area contributed by atoms with Gasteiger partial charge in [-0.3, -0.25) is 4.90 Å². The first-order valence-electron chi connectivity index (χ1n) is 6.92. The summed E-state index contributed by atoms with van der Waals surface area (Å²) < 4.78 is 0. The van der Waals surface area contributed by atoms with Crippen molar-refractivity contribution in [2.75, 3.05) is 25.5 Å². The fourth-order valence-corrected chi connectivity index (χ4v) is 2.51. The van der Waals surface area contributed by atoms with E-state index < -0.39 is 0 Å². The van der Waals surface area contributed by atoms with Gasteiger partial charge in [0.2, 0.25) is 0 Å². The molecule has 1 atom stereocenters. The first-order chi connectivity index (χ1) is 8.67. The zero-order valence-electron chi connectivity index (χ0n) is 11.7. The molecule has 1 fully saturated rings. The van der Waals surface area contributed by atoms with Crippen LogP contribution < -0.4 is 5.32 Å². The third-order valence-corrected chi connectivity index (χ3v) is 3.63. The van der Waals surface area contributed by atoms with Crippen LogP contribution in [0.15, 0.2) is 6.07 Å². The third kappa shape index (κ3) is 3.67. The van der Waals surface area contributed by atoms with Crippen molar-refractivity contribution < 1.29 is 0 Å². The molecule has 0 amide bonds. The molecule has 0 bridgehead atoms. The van der Waals surface area contributed by atoms with Crippen molar-refractivity contribution in [2.45, 2.75) is 39.7 Å². The third-order valence-electron chi connectivity index (χ3n) is 3.63. The molecule has 1 aromatic heterocycles. The standard InChI is InChI=1S/C14H24N4/c1-11-5-4-7-18(8-6-11)10-14-16-12(2)9-13(15-3)17-14/h9,11H,4-8,10H2,1-3H3,(H,15,16,17). The van der Waals surface area contributed by atoms with Crippen molar-refractivity contribution in [3.8, 4) is 0 Å². The van der Waals surface area contributed by atoms with E-state index in [9.17, 15) is 0 Å². The van der Waals surface area contributed by atoms with Gasteiger partial charge in [-0.2, -0.15) is 0 Å².